The second kappa shape index (κ2) is 7.90. The van der Waals surface area contributed by atoms with E-state index in [4.69, 9.17) is 11.6 Å². The summed E-state index contributed by atoms with van der Waals surface area (Å²) in [5.74, 6) is 0.153. The van der Waals surface area contributed by atoms with Crippen molar-refractivity contribution >= 4 is 29.1 Å². The fourth-order valence-corrected chi connectivity index (χ4v) is 2.52. The molecule has 0 aliphatic heterocycles. The number of nitrogens with zero attached hydrogens (tertiary/aromatic N) is 1. The van der Waals surface area contributed by atoms with Gasteiger partial charge >= 0.3 is 6.18 Å². The van der Waals surface area contributed by atoms with Crippen molar-refractivity contribution in [2.45, 2.75) is 22.2 Å². The van der Waals surface area contributed by atoms with Gasteiger partial charge in [0, 0.05) is 23.3 Å². The van der Waals surface area contributed by atoms with Crippen LogP contribution in [-0.2, 0) is 6.18 Å². The lowest BCUT2D eigenvalue weighted by Crippen LogP contribution is -2.20. The van der Waals surface area contributed by atoms with Crippen LogP contribution in [-0.4, -0.2) is 28.6 Å². The van der Waals surface area contributed by atoms with Gasteiger partial charge in [0.2, 0.25) is 0 Å². The molecule has 23 heavy (non-hydrogen) atoms. The van der Waals surface area contributed by atoms with Crippen molar-refractivity contribution in [3.63, 3.8) is 0 Å². The van der Waals surface area contributed by atoms with Crippen LogP contribution < -0.4 is 5.32 Å². The molecule has 0 aliphatic rings. The van der Waals surface area contributed by atoms with Crippen LogP contribution in [0.2, 0.25) is 0 Å². The summed E-state index contributed by atoms with van der Waals surface area (Å²) in [5, 5.41) is 12.9. The molecule has 2 aromatic rings. The summed E-state index contributed by atoms with van der Waals surface area (Å²) in [5.41, 5.74) is 0.0538. The predicted octanol–water partition coefficient (Wildman–Crippen LogP) is 4.26. The Morgan fingerprint density at radius 3 is 2.39 bits per heavy atom. The number of benzene rings is 1. The Hall–Kier alpha value is -1.44. The summed E-state index contributed by atoms with van der Waals surface area (Å²) in [6, 6.07) is 9.62. The van der Waals surface area contributed by atoms with Gasteiger partial charge in [0.25, 0.3) is 0 Å². The average Bonchev–Trinajstić information content (AvgIpc) is 2.53. The second-order valence-corrected chi connectivity index (χ2v) is 6.10. The van der Waals surface area contributed by atoms with Gasteiger partial charge in [-0.2, -0.15) is 13.2 Å². The number of aliphatic hydroxyl groups is 1. The first kappa shape index (κ1) is 17.9. The van der Waals surface area contributed by atoms with Crippen LogP contribution in [0.1, 0.15) is 5.56 Å². The molecule has 8 heteroatoms. The number of aliphatic hydroxyl groups excluding tert-OH is 1. The van der Waals surface area contributed by atoms with Crippen LogP contribution in [0.4, 0.5) is 18.9 Å². The second-order valence-electron chi connectivity index (χ2n) is 4.70. The number of halogens is 4. The van der Waals surface area contributed by atoms with Crippen LogP contribution in [0.25, 0.3) is 0 Å². The van der Waals surface area contributed by atoms with Gasteiger partial charge in [0.15, 0.2) is 0 Å². The molecule has 0 spiro atoms. The number of anilines is 1. The number of alkyl halides is 4. The van der Waals surface area contributed by atoms with E-state index in [1.165, 1.54) is 17.8 Å². The van der Waals surface area contributed by atoms with Crippen molar-refractivity contribution in [3.05, 3.63) is 48.2 Å². The largest absolute Gasteiger partial charge is 0.417 e. The van der Waals surface area contributed by atoms with E-state index in [1.54, 1.807) is 0 Å². The zero-order valence-electron chi connectivity index (χ0n) is 11.8. The van der Waals surface area contributed by atoms with Crippen LogP contribution in [0.3, 0.4) is 0 Å². The summed E-state index contributed by atoms with van der Waals surface area (Å²) in [6.07, 6.45) is -4.18. The number of aromatic nitrogens is 1. The standard InChI is InChI=1S/C15H14ClF3N2OS/c16-7-12(22)9-20-11-2-4-13(5-3-11)23-14-6-1-10(8-21-14)15(17,18)19/h1-6,8,12,20,22H,7,9H2. The Morgan fingerprint density at radius 1 is 1.17 bits per heavy atom. The Morgan fingerprint density at radius 2 is 1.87 bits per heavy atom. The third kappa shape index (κ3) is 5.60. The topological polar surface area (TPSA) is 45.1 Å². The zero-order chi connectivity index (χ0) is 16.9. The Bertz CT molecular complexity index is 620. The van der Waals surface area contributed by atoms with Gasteiger partial charge in [-0.05, 0) is 36.4 Å². The van der Waals surface area contributed by atoms with E-state index in [-0.39, 0.29) is 5.88 Å². The van der Waals surface area contributed by atoms with Gasteiger partial charge in [-0.3, -0.25) is 0 Å². The van der Waals surface area contributed by atoms with Crippen molar-refractivity contribution in [1.82, 2.24) is 4.98 Å². The Balaban J connectivity index is 1.95. The number of pyridine rings is 1. The molecule has 1 heterocycles. The van der Waals surface area contributed by atoms with Crippen molar-refractivity contribution in [2.24, 2.45) is 0 Å². The van der Waals surface area contributed by atoms with Crippen LogP contribution in [0.5, 0.6) is 0 Å². The van der Waals surface area contributed by atoms with Gasteiger partial charge in [0.05, 0.1) is 17.5 Å². The lowest BCUT2D eigenvalue weighted by molar-refractivity contribution is -0.137. The van der Waals surface area contributed by atoms with E-state index >= 15 is 0 Å². The minimum absolute atomic E-state index is 0.153. The van der Waals surface area contributed by atoms with Crippen molar-refractivity contribution in [3.8, 4) is 0 Å². The quantitative estimate of drug-likeness (QED) is 0.753. The van der Waals surface area contributed by atoms with E-state index in [0.29, 0.717) is 11.6 Å². The predicted molar refractivity (Wildman–Crippen MR) is 85.0 cm³/mol. The van der Waals surface area contributed by atoms with Crippen LogP contribution in [0.15, 0.2) is 52.5 Å². The number of hydrogen-bond acceptors (Lipinski definition) is 4. The van der Waals surface area contributed by atoms with Gasteiger partial charge in [-0.15, -0.1) is 11.6 Å². The first-order chi connectivity index (χ1) is 10.9. The molecule has 0 fully saturated rings. The van der Waals surface area contributed by atoms with E-state index in [1.807, 2.05) is 24.3 Å². The SMILES string of the molecule is OC(CCl)CNc1ccc(Sc2ccc(C(F)(F)F)cn2)cc1. The molecule has 0 bridgehead atoms. The maximum Gasteiger partial charge on any atom is 0.417 e. The molecular formula is C15H14ClF3N2OS. The zero-order valence-corrected chi connectivity index (χ0v) is 13.4. The first-order valence-corrected chi connectivity index (χ1v) is 8.02. The highest BCUT2D eigenvalue weighted by Crippen LogP contribution is 2.31. The summed E-state index contributed by atoms with van der Waals surface area (Å²) in [6.45, 7) is 0.344. The fraction of sp³-hybridized carbons (Fsp3) is 0.267. The highest BCUT2D eigenvalue weighted by molar-refractivity contribution is 7.99. The molecule has 1 atom stereocenters. The molecule has 2 rings (SSSR count). The normalized spacial score (nSPS) is 12.9. The third-order valence-electron chi connectivity index (χ3n) is 2.86. The highest BCUT2D eigenvalue weighted by atomic mass is 35.5. The molecule has 0 radical (unpaired) electrons. The molecule has 1 unspecified atom stereocenters. The van der Waals surface area contributed by atoms with Crippen LogP contribution in [0, 0.1) is 0 Å². The number of rotatable bonds is 6. The molecule has 3 nitrogen and oxygen atoms in total. The Kier molecular flexibility index (Phi) is 6.15. The molecule has 0 saturated heterocycles. The smallest absolute Gasteiger partial charge is 0.390 e. The van der Waals surface area contributed by atoms with Gasteiger partial charge in [-0.1, -0.05) is 11.8 Å². The van der Waals surface area contributed by atoms with E-state index in [2.05, 4.69) is 10.3 Å². The van der Waals surface area contributed by atoms with Gasteiger partial charge in [-0.25, -0.2) is 4.98 Å². The Labute approximate surface area is 140 Å². The minimum atomic E-state index is -4.38. The van der Waals surface area contributed by atoms with Crippen molar-refractivity contribution in [2.75, 3.05) is 17.7 Å². The molecular weight excluding hydrogens is 349 g/mol. The van der Waals surface area contributed by atoms with Gasteiger partial charge < -0.3 is 10.4 Å². The van der Waals surface area contributed by atoms with Gasteiger partial charge in [0.1, 0.15) is 5.03 Å². The minimum Gasteiger partial charge on any atom is -0.390 e. The molecule has 0 aliphatic carbocycles. The van der Waals surface area contributed by atoms with E-state index < -0.39 is 17.8 Å². The van der Waals surface area contributed by atoms with Crippen molar-refractivity contribution in [1.29, 1.82) is 0 Å². The molecule has 0 amide bonds. The summed E-state index contributed by atoms with van der Waals surface area (Å²) in [7, 11) is 0. The van der Waals surface area contributed by atoms with Crippen molar-refractivity contribution < 1.29 is 18.3 Å². The average molecular weight is 363 g/mol. The maximum atomic E-state index is 12.5. The van der Waals surface area contributed by atoms with E-state index in [0.717, 1.165) is 22.8 Å². The summed E-state index contributed by atoms with van der Waals surface area (Å²) < 4.78 is 37.4. The molecule has 124 valence electrons. The monoisotopic (exact) mass is 362 g/mol. The first-order valence-electron chi connectivity index (χ1n) is 6.67. The number of hydrogen-bond donors (Lipinski definition) is 2. The fourth-order valence-electron chi connectivity index (χ4n) is 1.66. The summed E-state index contributed by atoms with van der Waals surface area (Å²) >= 11 is 6.77. The lowest BCUT2D eigenvalue weighted by atomic mass is 10.3. The molecule has 0 saturated carbocycles. The molecule has 2 N–H and O–H groups in total. The number of nitrogens with one attached hydrogen (secondary N) is 1. The highest BCUT2D eigenvalue weighted by Gasteiger charge is 2.30. The van der Waals surface area contributed by atoms with Crippen LogP contribution >= 0.6 is 23.4 Å². The third-order valence-corrected chi connectivity index (χ3v) is 4.18. The maximum absolute atomic E-state index is 12.5. The molecule has 1 aromatic carbocycles. The van der Waals surface area contributed by atoms with E-state index in [9.17, 15) is 18.3 Å². The lowest BCUT2D eigenvalue weighted by Gasteiger charge is -2.10. The summed E-state index contributed by atoms with van der Waals surface area (Å²) in [4.78, 5) is 4.66. The molecule has 1 aromatic heterocycles.